The van der Waals surface area contributed by atoms with Gasteiger partial charge >= 0.3 is 6.01 Å². The number of aromatic nitrogens is 3. The predicted octanol–water partition coefficient (Wildman–Crippen LogP) is 3.59. The lowest BCUT2D eigenvalue weighted by molar-refractivity contribution is -0.115. The molecule has 26 heavy (non-hydrogen) atoms. The van der Waals surface area contributed by atoms with Gasteiger partial charge in [-0.2, -0.15) is 0 Å². The Morgan fingerprint density at radius 2 is 1.77 bits per heavy atom. The third-order valence-corrected chi connectivity index (χ3v) is 3.67. The van der Waals surface area contributed by atoms with E-state index >= 15 is 0 Å². The molecule has 2 aromatic carbocycles. The van der Waals surface area contributed by atoms with E-state index in [4.69, 9.17) is 9.26 Å². The third kappa shape index (κ3) is 3.51. The second-order valence-corrected chi connectivity index (χ2v) is 5.51. The fraction of sp³-hybridized carbons (Fsp3) is 0.0526. The van der Waals surface area contributed by atoms with Crippen molar-refractivity contribution in [2.45, 2.75) is 6.42 Å². The summed E-state index contributed by atoms with van der Waals surface area (Å²) in [5.74, 6) is 0.404. The summed E-state index contributed by atoms with van der Waals surface area (Å²) in [4.78, 5) is 20.2. The summed E-state index contributed by atoms with van der Waals surface area (Å²) in [5.41, 5.74) is 1.93. The van der Waals surface area contributed by atoms with Crippen LogP contribution < -0.4 is 10.1 Å². The van der Waals surface area contributed by atoms with Gasteiger partial charge in [-0.1, -0.05) is 17.3 Å². The van der Waals surface area contributed by atoms with Gasteiger partial charge in [0.2, 0.25) is 5.91 Å². The van der Waals surface area contributed by atoms with Crippen molar-refractivity contribution >= 4 is 22.6 Å². The Hall–Kier alpha value is -3.74. The van der Waals surface area contributed by atoms with Gasteiger partial charge in [0.25, 0.3) is 0 Å². The Labute approximate surface area is 148 Å². The van der Waals surface area contributed by atoms with Crippen molar-refractivity contribution in [3.63, 3.8) is 0 Å². The lowest BCUT2D eigenvalue weighted by Gasteiger charge is -2.06. The zero-order valence-electron chi connectivity index (χ0n) is 13.6. The van der Waals surface area contributed by atoms with Crippen molar-refractivity contribution in [3.8, 4) is 11.8 Å². The summed E-state index contributed by atoms with van der Waals surface area (Å²) in [6.45, 7) is 0. The molecular formula is C19H14N4O3. The van der Waals surface area contributed by atoms with Crippen LogP contribution in [0, 0.1) is 0 Å². The van der Waals surface area contributed by atoms with E-state index in [9.17, 15) is 4.79 Å². The molecule has 4 aromatic rings. The van der Waals surface area contributed by atoms with Gasteiger partial charge < -0.3 is 14.6 Å². The zero-order valence-corrected chi connectivity index (χ0v) is 13.6. The van der Waals surface area contributed by atoms with Gasteiger partial charge in [-0.3, -0.25) is 4.79 Å². The van der Waals surface area contributed by atoms with Crippen molar-refractivity contribution < 1.29 is 14.1 Å². The molecule has 0 saturated heterocycles. The van der Waals surface area contributed by atoms with Crippen molar-refractivity contribution in [3.05, 3.63) is 72.7 Å². The molecule has 7 heteroatoms. The first-order chi connectivity index (χ1) is 12.8. The van der Waals surface area contributed by atoms with Crippen molar-refractivity contribution in [1.82, 2.24) is 15.1 Å². The number of benzene rings is 2. The van der Waals surface area contributed by atoms with E-state index in [0.717, 1.165) is 5.39 Å². The number of anilines is 1. The normalized spacial score (nSPS) is 10.6. The molecule has 128 valence electrons. The maximum Gasteiger partial charge on any atom is 0.321 e. The molecule has 2 heterocycles. The van der Waals surface area contributed by atoms with Crippen LogP contribution >= 0.6 is 0 Å². The molecule has 0 aliphatic heterocycles. The van der Waals surface area contributed by atoms with Crippen LogP contribution in [0.15, 0.2) is 71.5 Å². The first kappa shape index (κ1) is 15.8. The zero-order chi connectivity index (χ0) is 17.8. The van der Waals surface area contributed by atoms with Gasteiger partial charge in [0, 0.05) is 23.5 Å². The molecule has 1 amide bonds. The van der Waals surface area contributed by atoms with Gasteiger partial charge in [-0.05, 0) is 42.5 Å². The number of nitrogens with one attached hydrogen (secondary N) is 1. The van der Waals surface area contributed by atoms with Crippen molar-refractivity contribution in [2.24, 2.45) is 0 Å². The molecular weight excluding hydrogens is 332 g/mol. The summed E-state index contributed by atoms with van der Waals surface area (Å²) in [7, 11) is 0. The number of nitrogens with zero attached hydrogens (tertiary/aromatic N) is 3. The fourth-order valence-corrected chi connectivity index (χ4v) is 2.47. The largest absolute Gasteiger partial charge is 0.424 e. The molecule has 0 bridgehead atoms. The Morgan fingerprint density at radius 3 is 2.58 bits per heavy atom. The van der Waals surface area contributed by atoms with E-state index in [-0.39, 0.29) is 18.3 Å². The summed E-state index contributed by atoms with van der Waals surface area (Å²) >= 11 is 0. The van der Waals surface area contributed by atoms with Gasteiger partial charge in [-0.25, -0.2) is 9.97 Å². The number of para-hydroxylation sites is 1. The number of fused-ring (bicyclic) bond motifs is 1. The highest BCUT2D eigenvalue weighted by Crippen LogP contribution is 2.21. The Morgan fingerprint density at radius 1 is 1.00 bits per heavy atom. The van der Waals surface area contributed by atoms with Gasteiger partial charge in [0.05, 0.1) is 6.42 Å². The number of carbonyl (C=O) groups excluding carboxylic acids is 1. The van der Waals surface area contributed by atoms with Crippen LogP contribution in [0.25, 0.3) is 11.0 Å². The Balaban J connectivity index is 1.40. The van der Waals surface area contributed by atoms with E-state index in [1.807, 2.05) is 24.3 Å². The highest BCUT2D eigenvalue weighted by molar-refractivity contribution is 5.94. The maximum absolute atomic E-state index is 12.3. The predicted molar refractivity (Wildman–Crippen MR) is 94.9 cm³/mol. The molecule has 7 nitrogen and oxygen atoms in total. The summed E-state index contributed by atoms with van der Waals surface area (Å²) in [6, 6.07) is 16.4. The highest BCUT2D eigenvalue weighted by atomic mass is 16.5. The Bertz CT molecular complexity index is 1030. The minimum atomic E-state index is -0.177. The van der Waals surface area contributed by atoms with Crippen molar-refractivity contribution in [2.75, 3.05) is 5.32 Å². The van der Waals surface area contributed by atoms with E-state index in [0.29, 0.717) is 22.7 Å². The molecule has 0 aliphatic carbocycles. The molecule has 0 saturated carbocycles. The van der Waals surface area contributed by atoms with Crippen molar-refractivity contribution in [1.29, 1.82) is 0 Å². The third-order valence-electron chi connectivity index (χ3n) is 3.67. The van der Waals surface area contributed by atoms with Crippen LogP contribution in [0.4, 0.5) is 5.69 Å². The highest BCUT2D eigenvalue weighted by Gasteiger charge is 2.12. The van der Waals surface area contributed by atoms with E-state index < -0.39 is 0 Å². The number of carbonyl (C=O) groups is 1. The summed E-state index contributed by atoms with van der Waals surface area (Å²) in [5, 5.41) is 7.64. The topological polar surface area (TPSA) is 90.1 Å². The molecule has 2 aromatic heterocycles. The second kappa shape index (κ2) is 7.02. The molecule has 0 spiro atoms. The summed E-state index contributed by atoms with van der Waals surface area (Å²) in [6.07, 6.45) is 3.34. The SMILES string of the molecule is O=C(Cc1noc2ccccc12)Nc1ccc(Oc2ncccn2)cc1. The lowest BCUT2D eigenvalue weighted by atomic mass is 10.1. The van der Waals surface area contributed by atoms with Crippen LogP contribution in [0.3, 0.4) is 0 Å². The van der Waals surface area contributed by atoms with E-state index in [1.165, 1.54) is 0 Å². The van der Waals surface area contributed by atoms with E-state index in [1.54, 1.807) is 42.7 Å². The smallest absolute Gasteiger partial charge is 0.321 e. The average Bonchev–Trinajstić information content (AvgIpc) is 3.07. The van der Waals surface area contributed by atoms with Crippen LogP contribution in [-0.4, -0.2) is 21.0 Å². The second-order valence-electron chi connectivity index (χ2n) is 5.51. The lowest BCUT2D eigenvalue weighted by Crippen LogP contribution is -2.14. The minimum Gasteiger partial charge on any atom is -0.424 e. The molecule has 0 fully saturated rings. The molecule has 0 atom stereocenters. The van der Waals surface area contributed by atoms with Crippen LogP contribution in [0.2, 0.25) is 0 Å². The standard InChI is InChI=1S/C19H14N4O3/c24-18(12-16-15-4-1-2-5-17(15)26-23-16)22-13-6-8-14(9-7-13)25-19-20-10-3-11-21-19/h1-11H,12H2,(H,22,24). The Kier molecular flexibility index (Phi) is 4.26. The molecule has 4 rings (SSSR count). The van der Waals surface area contributed by atoms with Crippen LogP contribution in [0.5, 0.6) is 11.8 Å². The first-order valence-corrected chi connectivity index (χ1v) is 7.96. The van der Waals surface area contributed by atoms with Crippen LogP contribution in [0.1, 0.15) is 5.69 Å². The van der Waals surface area contributed by atoms with Gasteiger partial charge in [-0.15, -0.1) is 0 Å². The number of hydrogen-bond donors (Lipinski definition) is 1. The quantitative estimate of drug-likeness (QED) is 0.594. The number of ether oxygens (including phenoxy) is 1. The average molecular weight is 346 g/mol. The first-order valence-electron chi connectivity index (χ1n) is 7.96. The monoisotopic (exact) mass is 346 g/mol. The molecule has 0 aliphatic rings. The maximum atomic E-state index is 12.3. The fourth-order valence-electron chi connectivity index (χ4n) is 2.47. The minimum absolute atomic E-state index is 0.132. The van der Waals surface area contributed by atoms with Crippen LogP contribution in [-0.2, 0) is 11.2 Å². The van der Waals surface area contributed by atoms with E-state index in [2.05, 4.69) is 20.4 Å². The molecule has 1 N–H and O–H groups in total. The molecule has 0 unspecified atom stereocenters. The van der Waals surface area contributed by atoms with Gasteiger partial charge in [0.1, 0.15) is 11.4 Å². The number of rotatable bonds is 5. The number of amides is 1. The number of hydrogen-bond acceptors (Lipinski definition) is 6. The van der Waals surface area contributed by atoms with Gasteiger partial charge in [0.15, 0.2) is 5.58 Å². The summed E-state index contributed by atoms with van der Waals surface area (Å²) < 4.78 is 10.7. The molecule has 0 radical (unpaired) electrons.